The molecule has 0 atom stereocenters. The van der Waals surface area contributed by atoms with E-state index in [-0.39, 0.29) is 5.41 Å². The fourth-order valence-corrected chi connectivity index (χ4v) is 5.12. The molecule has 0 heteroatoms. The molecule has 0 nitrogen and oxygen atoms in total. The molecule has 0 unspecified atom stereocenters. The minimum Gasteiger partial charge on any atom is -0.0622 e. The van der Waals surface area contributed by atoms with E-state index in [1.54, 1.807) is 11.1 Å². The smallest absolute Gasteiger partial charge is 0.0215 e. The third kappa shape index (κ3) is 2.20. The summed E-state index contributed by atoms with van der Waals surface area (Å²) in [7, 11) is 0. The van der Waals surface area contributed by atoms with Gasteiger partial charge in [0.05, 0.1) is 0 Å². The number of fused-ring (bicyclic) bond motifs is 5. The van der Waals surface area contributed by atoms with Gasteiger partial charge in [0, 0.05) is 5.41 Å². The summed E-state index contributed by atoms with van der Waals surface area (Å²) in [4.78, 5) is 0. The zero-order valence-electron chi connectivity index (χ0n) is 14.9. The molecule has 3 aromatic carbocycles. The molecule has 5 rings (SSSR count). The Hall–Kier alpha value is -2.34. The van der Waals surface area contributed by atoms with E-state index in [0.29, 0.717) is 0 Å². The minimum absolute atomic E-state index is 0.268. The van der Waals surface area contributed by atoms with Gasteiger partial charge in [-0.15, -0.1) is 0 Å². The lowest BCUT2D eigenvalue weighted by Gasteiger charge is -2.36. The van der Waals surface area contributed by atoms with E-state index >= 15 is 0 Å². The van der Waals surface area contributed by atoms with Crippen LogP contribution in [0.3, 0.4) is 0 Å². The van der Waals surface area contributed by atoms with Crippen molar-refractivity contribution in [1.29, 1.82) is 0 Å². The van der Waals surface area contributed by atoms with Gasteiger partial charge in [-0.2, -0.15) is 0 Å². The molecular weight excluding hydrogens is 300 g/mol. The van der Waals surface area contributed by atoms with Crippen molar-refractivity contribution in [3.8, 4) is 22.3 Å². The summed E-state index contributed by atoms with van der Waals surface area (Å²) in [6.07, 6.45) is 6.71. The van der Waals surface area contributed by atoms with Crippen molar-refractivity contribution in [1.82, 2.24) is 0 Å². The van der Waals surface area contributed by atoms with Crippen LogP contribution in [0.1, 0.15) is 48.8 Å². The van der Waals surface area contributed by atoms with Crippen molar-refractivity contribution >= 4 is 0 Å². The maximum absolute atomic E-state index is 2.46. The van der Waals surface area contributed by atoms with Gasteiger partial charge in [-0.05, 0) is 59.2 Å². The van der Waals surface area contributed by atoms with Gasteiger partial charge in [0.25, 0.3) is 0 Å². The molecule has 0 amide bonds. The van der Waals surface area contributed by atoms with E-state index in [0.717, 1.165) is 0 Å². The first-order valence-corrected chi connectivity index (χ1v) is 9.59. The van der Waals surface area contributed by atoms with E-state index in [9.17, 15) is 0 Å². The maximum Gasteiger partial charge on any atom is 0.0215 e. The molecule has 124 valence electrons. The van der Waals surface area contributed by atoms with E-state index in [1.165, 1.54) is 59.9 Å². The van der Waals surface area contributed by atoms with E-state index in [4.69, 9.17) is 0 Å². The summed E-state index contributed by atoms with van der Waals surface area (Å²) in [6.45, 7) is 2.23. The van der Waals surface area contributed by atoms with Gasteiger partial charge in [-0.25, -0.2) is 0 Å². The minimum atomic E-state index is 0.268. The van der Waals surface area contributed by atoms with Gasteiger partial charge in [0.15, 0.2) is 0 Å². The number of benzene rings is 3. The molecule has 0 N–H and O–H groups in total. The van der Waals surface area contributed by atoms with Gasteiger partial charge >= 0.3 is 0 Å². The lowest BCUT2D eigenvalue weighted by atomic mass is 9.67. The zero-order chi connectivity index (χ0) is 16.9. The molecule has 2 aliphatic carbocycles. The van der Waals surface area contributed by atoms with Crippen molar-refractivity contribution in [3.63, 3.8) is 0 Å². The van der Waals surface area contributed by atoms with E-state index in [2.05, 4.69) is 73.7 Å². The van der Waals surface area contributed by atoms with Gasteiger partial charge < -0.3 is 0 Å². The molecule has 25 heavy (non-hydrogen) atoms. The van der Waals surface area contributed by atoms with E-state index in [1.807, 2.05) is 0 Å². The van der Waals surface area contributed by atoms with Crippen molar-refractivity contribution in [2.75, 3.05) is 0 Å². The van der Waals surface area contributed by atoms with Crippen LogP contribution in [0.5, 0.6) is 0 Å². The Morgan fingerprint density at radius 3 is 2.24 bits per heavy atom. The second kappa shape index (κ2) is 5.59. The average Bonchev–Trinajstić information content (AvgIpc) is 2.92. The van der Waals surface area contributed by atoms with Crippen LogP contribution in [0, 0.1) is 6.92 Å². The predicted octanol–water partition coefficient (Wildman–Crippen LogP) is 6.89. The Balaban J connectivity index is 1.74. The Labute approximate surface area is 150 Å². The Kier molecular flexibility index (Phi) is 3.35. The molecule has 0 saturated heterocycles. The first-order chi connectivity index (χ1) is 12.3. The van der Waals surface area contributed by atoms with Gasteiger partial charge in [-0.1, -0.05) is 85.5 Å². The summed E-state index contributed by atoms with van der Waals surface area (Å²) >= 11 is 0. The third-order valence-corrected chi connectivity index (χ3v) is 6.33. The lowest BCUT2D eigenvalue weighted by Crippen LogP contribution is -2.28. The van der Waals surface area contributed by atoms with Crippen molar-refractivity contribution in [3.05, 3.63) is 83.4 Å². The van der Waals surface area contributed by atoms with Crippen molar-refractivity contribution in [2.24, 2.45) is 0 Å². The van der Waals surface area contributed by atoms with Gasteiger partial charge in [0.1, 0.15) is 0 Å². The van der Waals surface area contributed by atoms with Crippen LogP contribution in [-0.4, -0.2) is 0 Å². The summed E-state index contributed by atoms with van der Waals surface area (Å²) in [5.74, 6) is 0. The van der Waals surface area contributed by atoms with E-state index < -0.39 is 0 Å². The first-order valence-electron chi connectivity index (χ1n) is 9.59. The first kappa shape index (κ1) is 15.0. The molecule has 3 aromatic rings. The Morgan fingerprint density at radius 2 is 1.44 bits per heavy atom. The SMILES string of the molecule is Cc1ccc2c(c1)C1(CCCCC1)c1ccc(-c3ccccc3)cc1-2. The van der Waals surface area contributed by atoms with Crippen LogP contribution in [0.15, 0.2) is 66.7 Å². The summed E-state index contributed by atoms with van der Waals surface area (Å²) in [5.41, 5.74) is 10.4. The summed E-state index contributed by atoms with van der Waals surface area (Å²) in [6, 6.07) is 25.1. The third-order valence-electron chi connectivity index (χ3n) is 6.33. The molecule has 1 saturated carbocycles. The van der Waals surface area contributed by atoms with Gasteiger partial charge in [-0.3, -0.25) is 0 Å². The number of hydrogen-bond donors (Lipinski definition) is 0. The quantitative estimate of drug-likeness (QED) is 0.457. The standard InChI is InChI=1S/C25H24/c1-18-10-12-21-22-17-20(19-8-4-2-5-9-19)11-13-23(22)25(24(21)16-18)14-6-3-7-15-25/h2,4-5,8-13,16-17H,3,6-7,14-15H2,1H3. The zero-order valence-corrected chi connectivity index (χ0v) is 14.9. The van der Waals surface area contributed by atoms with Crippen LogP contribution in [0.2, 0.25) is 0 Å². The van der Waals surface area contributed by atoms with Gasteiger partial charge in [0.2, 0.25) is 0 Å². The normalized spacial score (nSPS) is 17.3. The molecule has 1 fully saturated rings. The second-order valence-electron chi connectivity index (χ2n) is 7.82. The largest absolute Gasteiger partial charge is 0.0622 e. The van der Waals surface area contributed by atoms with Crippen LogP contribution in [0.25, 0.3) is 22.3 Å². The van der Waals surface area contributed by atoms with Crippen LogP contribution < -0.4 is 0 Å². The number of hydrogen-bond acceptors (Lipinski definition) is 0. The predicted molar refractivity (Wildman–Crippen MR) is 106 cm³/mol. The summed E-state index contributed by atoms with van der Waals surface area (Å²) < 4.78 is 0. The highest BCUT2D eigenvalue weighted by atomic mass is 14.5. The highest BCUT2D eigenvalue weighted by Crippen LogP contribution is 2.56. The fraction of sp³-hybridized carbons (Fsp3) is 0.280. The molecule has 0 aromatic heterocycles. The Morgan fingerprint density at radius 1 is 0.640 bits per heavy atom. The maximum atomic E-state index is 2.46. The lowest BCUT2D eigenvalue weighted by molar-refractivity contribution is 0.352. The topological polar surface area (TPSA) is 0 Å². The molecule has 0 radical (unpaired) electrons. The van der Waals surface area contributed by atoms with Crippen molar-refractivity contribution < 1.29 is 0 Å². The number of aryl methyl sites for hydroxylation is 1. The van der Waals surface area contributed by atoms with Crippen LogP contribution in [0.4, 0.5) is 0 Å². The van der Waals surface area contributed by atoms with Crippen LogP contribution >= 0.6 is 0 Å². The second-order valence-corrected chi connectivity index (χ2v) is 7.82. The summed E-state index contributed by atoms with van der Waals surface area (Å²) in [5, 5.41) is 0. The average molecular weight is 324 g/mol. The molecular formula is C25H24. The number of rotatable bonds is 1. The monoisotopic (exact) mass is 324 g/mol. The van der Waals surface area contributed by atoms with Crippen LogP contribution in [-0.2, 0) is 5.41 Å². The highest BCUT2D eigenvalue weighted by molar-refractivity contribution is 5.85. The molecule has 0 aliphatic heterocycles. The Bertz CT molecular complexity index is 928. The molecule has 2 aliphatic rings. The highest BCUT2D eigenvalue weighted by Gasteiger charge is 2.43. The molecule has 0 heterocycles. The fourth-order valence-electron chi connectivity index (χ4n) is 5.12. The van der Waals surface area contributed by atoms with Crippen molar-refractivity contribution in [2.45, 2.75) is 44.4 Å². The molecule has 1 spiro atoms. The molecule has 0 bridgehead atoms.